The number of halogens is 1. The maximum atomic E-state index is 13.0. The van der Waals surface area contributed by atoms with Gasteiger partial charge in [0.05, 0.1) is 5.57 Å². The molecule has 0 saturated heterocycles. The second-order valence-electron chi connectivity index (χ2n) is 7.30. The van der Waals surface area contributed by atoms with Gasteiger partial charge in [-0.15, -0.1) is 0 Å². The van der Waals surface area contributed by atoms with Crippen molar-refractivity contribution in [2.24, 2.45) is 0 Å². The molecule has 1 aromatic heterocycles. The molecule has 0 amide bonds. The van der Waals surface area contributed by atoms with E-state index in [4.69, 9.17) is 9.47 Å². The zero-order chi connectivity index (χ0) is 22.7. The van der Waals surface area contributed by atoms with E-state index in [0.717, 1.165) is 21.2 Å². The monoisotopic (exact) mass is 495 g/mol. The van der Waals surface area contributed by atoms with Crippen LogP contribution >= 0.6 is 15.9 Å². The van der Waals surface area contributed by atoms with Crippen molar-refractivity contribution in [1.29, 1.82) is 0 Å². The molecule has 8 nitrogen and oxygen atoms in total. The molecule has 9 heteroatoms. The van der Waals surface area contributed by atoms with Crippen LogP contribution in [0.4, 0.5) is 5.95 Å². The number of allylic oxidation sites excluding steroid dienone is 1. The van der Waals surface area contributed by atoms with Crippen LogP contribution in [0, 0.1) is 6.92 Å². The van der Waals surface area contributed by atoms with Crippen molar-refractivity contribution in [3.8, 4) is 5.75 Å². The van der Waals surface area contributed by atoms with Crippen molar-refractivity contribution in [1.82, 2.24) is 20.2 Å². The van der Waals surface area contributed by atoms with Crippen LogP contribution in [0.1, 0.15) is 29.7 Å². The number of carbonyl (C=O) groups is 1. The Kier molecular flexibility index (Phi) is 6.36. The summed E-state index contributed by atoms with van der Waals surface area (Å²) < 4.78 is 14.0. The summed E-state index contributed by atoms with van der Waals surface area (Å²) in [5, 5.41) is 15.0. The summed E-state index contributed by atoms with van der Waals surface area (Å²) in [7, 11) is 0. The Balaban J connectivity index is 1.77. The summed E-state index contributed by atoms with van der Waals surface area (Å²) in [5.41, 5.74) is 3.95. The van der Waals surface area contributed by atoms with Gasteiger partial charge in [0, 0.05) is 15.7 Å². The molecule has 1 atom stereocenters. The first kappa shape index (κ1) is 21.8. The Hall–Kier alpha value is -3.46. The molecule has 32 heavy (non-hydrogen) atoms. The van der Waals surface area contributed by atoms with E-state index >= 15 is 0 Å². The van der Waals surface area contributed by atoms with E-state index in [-0.39, 0.29) is 6.61 Å². The van der Waals surface area contributed by atoms with Crippen LogP contribution < -0.4 is 10.1 Å². The van der Waals surface area contributed by atoms with Gasteiger partial charge in [-0.3, -0.25) is 0 Å². The number of hydrogen-bond acceptors (Lipinski definition) is 7. The first-order valence-electron chi connectivity index (χ1n) is 10.00. The van der Waals surface area contributed by atoms with Gasteiger partial charge in [0.1, 0.15) is 25.0 Å². The highest BCUT2D eigenvalue weighted by atomic mass is 79.9. The lowest BCUT2D eigenvalue weighted by Gasteiger charge is -2.28. The average molecular weight is 496 g/mol. The topological polar surface area (TPSA) is 91.2 Å². The number of carbonyl (C=O) groups excluding carboxylic acids is 1. The summed E-state index contributed by atoms with van der Waals surface area (Å²) in [6, 6.07) is 13.1. The molecule has 1 unspecified atom stereocenters. The Bertz CT molecular complexity index is 1200. The third-order valence-electron chi connectivity index (χ3n) is 5.18. The van der Waals surface area contributed by atoms with E-state index in [9.17, 15) is 4.79 Å². The minimum Gasteiger partial charge on any atom is -0.489 e. The van der Waals surface area contributed by atoms with Crippen LogP contribution in [0.15, 0.2) is 70.9 Å². The fourth-order valence-electron chi connectivity index (χ4n) is 3.57. The van der Waals surface area contributed by atoms with Crippen molar-refractivity contribution in [3.63, 3.8) is 0 Å². The number of benzene rings is 2. The SMILES string of the molecule is C=CCOC(=O)C1=C(C)Nc2nnnn2C1c1cc(Br)ccc1OCc1ccccc1C. The normalized spacial score (nSPS) is 15.0. The summed E-state index contributed by atoms with van der Waals surface area (Å²) in [4.78, 5) is 13.0. The molecule has 0 aliphatic carbocycles. The molecule has 1 N–H and O–H groups in total. The Morgan fingerprint density at radius 2 is 2.09 bits per heavy atom. The number of nitrogens with one attached hydrogen (secondary N) is 1. The number of aromatic nitrogens is 4. The van der Waals surface area contributed by atoms with Gasteiger partial charge in [-0.2, -0.15) is 4.68 Å². The number of aryl methyl sites for hydroxylation is 1. The molecule has 164 valence electrons. The van der Waals surface area contributed by atoms with E-state index in [0.29, 0.717) is 29.6 Å². The highest BCUT2D eigenvalue weighted by Gasteiger charge is 2.36. The van der Waals surface area contributed by atoms with Gasteiger partial charge >= 0.3 is 5.97 Å². The number of esters is 1. The number of nitrogens with zero attached hydrogens (tertiary/aromatic N) is 4. The van der Waals surface area contributed by atoms with E-state index in [2.05, 4.69) is 43.4 Å². The number of ether oxygens (including phenoxy) is 2. The van der Waals surface area contributed by atoms with Gasteiger partial charge < -0.3 is 14.8 Å². The average Bonchev–Trinajstić information content (AvgIpc) is 3.24. The molecule has 0 spiro atoms. The minimum absolute atomic E-state index is 0.0971. The zero-order valence-corrected chi connectivity index (χ0v) is 19.3. The first-order valence-corrected chi connectivity index (χ1v) is 10.8. The van der Waals surface area contributed by atoms with Gasteiger partial charge in [0.25, 0.3) is 0 Å². The molecular formula is C23H22BrN5O3. The minimum atomic E-state index is -0.636. The number of anilines is 1. The highest BCUT2D eigenvalue weighted by Crippen LogP contribution is 2.40. The third-order valence-corrected chi connectivity index (χ3v) is 5.67. The fourth-order valence-corrected chi connectivity index (χ4v) is 3.95. The molecule has 0 fully saturated rings. The number of fused-ring (bicyclic) bond motifs is 1. The summed E-state index contributed by atoms with van der Waals surface area (Å²) in [5.74, 6) is 0.565. The van der Waals surface area contributed by atoms with E-state index in [1.165, 1.54) is 6.08 Å². The standard InChI is InChI=1S/C23H22BrN5O3/c1-4-11-31-22(30)20-15(3)25-23-26-27-28-29(23)21(20)18-12-17(24)9-10-19(18)32-13-16-8-6-5-7-14(16)2/h4-10,12,21H,1,11,13H2,2-3H3,(H,25,26,28). The fraction of sp³-hybridized carbons (Fsp3) is 0.217. The van der Waals surface area contributed by atoms with Gasteiger partial charge in [-0.25, -0.2) is 4.79 Å². The van der Waals surface area contributed by atoms with E-state index in [1.54, 1.807) is 11.6 Å². The lowest BCUT2D eigenvalue weighted by atomic mass is 9.95. The summed E-state index contributed by atoms with van der Waals surface area (Å²) in [6.07, 6.45) is 1.53. The molecule has 3 aromatic rings. The van der Waals surface area contributed by atoms with Crippen LogP contribution in [-0.2, 0) is 16.1 Å². The van der Waals surface area contributed by atoms with Crippen LogP contribution in [0.2, 0.25) is 0 Å². The molecular weight excluding hydrogens is 474 g/mol. The summed E-state index contributed by atoms with van der Waals surface area (Å²) >= 11 is 3.54. The van der Waals surface area contributed by atoms with Gasteiger partial charge in [-0.05, 0) is 53.6 Å². The molecule has 1 aliphatic rings. The van der Waals surface area contributed by atoms with Gasteiger partial charge in [-0.1, -0.05) is 57.9 Å². The maximum absolute atomic E-state index is 13.0. The molecule has 0 bridgehead atoms. The smallest absolute Gasteiger partial charge is 0.338 e. The van der Waals surface area contributed by atoms with Crippen molar-refractivity contribution < 1.29 is 14.3 Å². The van der Waals surface area contributed by atoms with Crippen LogP contribution in [0.5, 0.6) is 5.75 Å². The Morgan fingerprint density at radius 1 is 1.28 bits per heavy atom. The molecule has 1 aliphatic heterocycles. The molecule has 4 rings (SSSR count). The van der Waals surface area contributed by atoms with Crippen molar-refractivity contribution in [3.05, 3.63) is 87.6 Å². The molecule has 2 heterocycles. The maximum Gasteiger partial charge on any atom is 0.338 e. The van der Waals surface area contributed by atoms with Gasteiger partial charge in [0.15, 0.2) is 0 Å². The quantitative estimate of drug-likeness (QED) is 0.384. The number of hydrogen-bond donors (Lipinski definition) is 1. The third kappa shape index (κ3) is 4.29. The second kappa shape index (κ2) is 9.35. The van der Waals surface area contributed by atoms with E-state index < -0.39 is 12.0 Å². The highest BCUT2D eigenvalue weighted by molar-refractivity contribution is 9.10. The molecule has 0 radical (unpaired) electrons. The Labute approximate surface area is 194 Å². The van der Waals surface area contributed by atoms with E-state index in [1.807, 2.05) is 49.4 Å². The lowest BCUT2D eigenvalue weighted by Crippen LogP contribution is -2.30. The van der Waals surface area contributed by atoms with Crippen LogP contribution in [0.3, 0.4) is 0 Å². The van der Waals surface area contributed by atoms with Crippen LogP contribution in [0.25, 0.3) is 0 Å². The second-order valence-corrected chi connectivity index (χ2v) is 8.21. The van der Waals surface area contributed by atoms with Crippen molar-refractivity contribution in [2.45, 2.75) is 26.5 Å². The first-order chi connectivity index (χ1) is 15.5. The zero-order valence-electron chi connectivity index (χ0n) is 17.7. The van der Waals surface area contributed by atoms with Crippen molar-refractivity contribution in [2.75, 3.05) is 11.9 Å². The predicted molar refractivity (Wildman–Crippen MR) is 123 cm³/mol. The predicted octanol–water partition coefficient (Wildman–Crippen LogP) is 4.34. The van der Waals surface area contributed by atoms with Crippen molar-refractivity contribution >= 4 is 27.8 Å². The largest absolute Gasteiger partial charge is 0.489 e. The number of tetrazole rings is 1. The lowest BCUT2D eigenvalue weighted by molar-refractivity contribution is -0.138. The van der Waals surface area contributed by atoms with Gasteiger partial charge in [0.2, 0.25) is 5.95 Å². The molecule has 0 saturated carbocycles. The summed E-state index contributed by atoms with van der Waals surface area (Å²) in [6.45, 7) is 7.93. The van der Waals surface area contributed by atoms with Crippen LogP contribution in [-0.4, -0.2) is 32.8 Å². The molecule has 2 aromatic carbocycles. The Morgan fingerprint density at radius 3 is 2.88 bits per heavy atom. The number of rotatable bonds is 7.